The molecule has 1 heterocycles. The van der Waals surface area contributed by atoms with Crippen LogP contribution in [-0.2, 0) is 22.6 Å². The number of carbonyl (C=O) groups is 1. The van der Waals surface area contributed by atoms with E-state index in [4.69, 9.17) is 9.47 Å². The normalized spacial score (nSPS) is 10.4. The van der Waals surface area contributed by atoms with Gasteiger partial charge < -0.3 is 14.0 Å². The Morgan fingerprint density at radius 3 is 2.32 bits per heavy atom. The lowest BCUT2D eigenvalue weighted by molar-refractivity contribution is -0.142. The second-order valence-corrected chi connectivity index (χ2v) is 5.65. The average Bonchev–Trinajstić information content (AvgIpc) is 3.16. The van der Waals surface area contributed by atoms with Crippen LogP contribution in [-0.4, -0.2) is 17.1 Å². The molecule has 3 aromatic rings. The third kappa shape index (κ3) is 4.51. The molecule has 0 saturated heterocycles. The molecule has 3 rings (SSSR count). The van der Waals surface area contributed by atoms with Gasteiger partial charge in [-0.25, -0.2) is 0 Å². The first-order chi connectivity index (χ1) is 12.3. The van der Waals surface area contributed by atoms with Crippen molar-refractivity contribution in [3.05, 3.63) is 84.2 Å². The van der Waals surface area contributed by atoms with Gasteiger partial charge in [0.1, 0.15) is 12.4 Å². The van der Waals surface area contributed by atoms with E-state index in [9.17, 15) is 4.79 Å². The number of hydrogen-bond donors (Lipinski definition) is 0. The van der Waals surface area contributed by atoms with Crippen molar-refractivity contribution in [1.82, 2.24) is 4.57 Å². The van der Waals surface area contributed by atoms with Gasteiger partial charge in [0.15, 0.2) is 0 Å². The molecule has 0 aliphatic carbocycles. The van der Waals surface area contributed by atoms with Crippen molar-refractivity contribution in [1.29, 1.82) is 0 Å². The summed E-state index contributed by atoms with van der Waals surface area (Å²) < 4.78 is 13.0. The zero-order valence-electron chi connectivity index (χ0n) is 14.2. The lowest BCUT2D eigenvalue weighted by atomic mass is 10.1. The molecule has 0 spiro atoms. The third-order valence-electron chi connectivity index (χ3n) is 3.82. The van der Waals surface area contributed by atoms with Gasteiger partial charge in [-0.3, -0.25) is 4.79 Å². The number of aromatic nitrogens is 1. The summed E-state index contributed by atoms with van der Waals surface area (Å²) in [6.07, 6.45) is 4.28. The van der Waals surface area contributed by atoms with Gasteiger partial charge in [-0.15, -0.1) is 0 Å². The largest absolute Gasteiger partial charge is 0.487 e. The SMILES string of the molecule is CCOC(=O)Cc1ccc(COc2ccccc2-n2cccc2)cc1. The fourth-order valence-electron chi connectivity index (χ4n) is 2.58. The Hall–Kier alpha value is -3.01. The molecule has 0 amide bonds. The second-order valence-electron chi connectivity index (χ2n) is 5.65. The standard InChI is InChI=1S/C21H21NO3/c1-2-24-21(23)15-17-9-11-18(12-10-17)16-25-20-8-4-3-7-19(20)22-13-5-6-14-22/h3-14H,2,15-16H2,1H3. The zero-order valence-corrected chi connectivity index (χ0v) is 14.2. The quantitative estimate of drug-likeness (QED) is 0.609. The Kier molecular flexibility index (Phi) is 5.52. The second kappa shape index (κ2) is 8.20. The van der Waals surface area contributed by atoms with E-state index in [-0.39, 0.29) is 5.97 Å². The number of para-hydroxylation sites is 2. The predicted molar refractivity (Wildman–Crippen MR) is 96.9 cm³/mol. The molecule has 0 atom stereocenters. The highest BCUT2D eigenvalue weighted by Crippen LogP contribution is 2.23. The Bertz CT molecular complexity index is 807. The number of benzene rings is 2. The molecular weight excluding hydrogens is 314 g/mol. The van der Waals surface area contributed by atoms with Crippen LogP contribution in [0.25, 0.3) is 5.69 Å². The highest BCUT2D eigenvalue weighted by atomic mass is 16.5. The van der Waals surface area contributed by atoms with E-state index in [1.54, 1.807) is 0 Å². The van der Waals surface area contributed by atoms with Crippen LogP contribution in [0, 0.1) is 0 Å². The molecule has 0 aliphatic rings. The number of nitrogens with zero attached hydrogens (tertiary/aromatic N) is 1. The van der Waals surface area contributed by atoms with E-state index in [1.165, 1.54) is 0 Å². The van der Waals surface area contributed by atoms with Crippen LogP contribution in [0.5, 0.6) is 5.75 Å². The molecule has 0 saturated carbocycles. The molecule has 4 heteroatoms. The topological polar surface area (TPSA) is 40.5 Å². The van der Waals surface area contributed by atoms with Crippen molar-refractivity contribution < 1.29 is 14.3 Å². The Balaban J connectivity index is 1.64. The van der Waals surface area contributed by atoms with Crippen LogP contribution in [0.4, 0.5) is 0 Å². The molecule has 4 nitrogen and oxygen atoms in total. The maximum Gasteiger partial charge on any atom is 0.310 e. The summed E-state index contributed by atoms with van der Waals surface area (Å²) in [7, 11) is 0. The van der Waals surface area contributed by atoms with Crippen LogP contribution in [0.15, 0.2) is 73.1 Å². The molecule has 0 unspecified atom stereocenters. The Morgan fingerprint density at radius 1 is 0.920 bits per heavy atom. The number of hydrogen-bond acceptors (Lipinski definition) is 3. The maximum absolute atomic E-state index is 11.5. The molecule has 1 aromatic heterocycles. The summed E-state index contributed by atoms with van der Waals surface area (Å²) in [6.45, 7) is 2.69. The van der Waals surface area contributed by atoms with Gasteiger partial charge in [-0.2, -0.15) is 0 Å². The zero-order chi connectivity index (χ0) is 17.5. The Labute approximate surface area is 147 Å². The summed E-state index contributed by atoms with van der Waals surface area (Å²) in [5.74, 6) is 0.626. The summed E-state index contributed by atoms with van der Waals surface area (Å²) in [5.41, 5.74) is 3.00. The van der Waals surface area contributed by atoms with Crippen LogP contribution in [0.1, 0.15) is 18.1 Å². The first kappa shape index (κ1) is 16.8. The average molecular weight is 335 g/mol. The monoisotopic (exact) mass is 335 g/mol. The van der Waals surface area contributed by atoms with E-state index in [2.05, 4.69) is 0 Å². The fraction of sp³-hybridized carbons (Fsp3) is 0.190. The smallest absolute Gasteiger partial charge is 0.310 e. The number of ether oxygens (including phenoxy) is 2. The van der Waals surface area contributed by atoms with Gasteiger partial charge in [0, 0.05) is 12.4 Å². The minimum Gasteiger partial charge on any atom is -0.487 e. The van der Waals surface area contributed by atoms with Crippen molar-refractivity contribution in [2.75, 3.05) is 6.61 Å². The molecule has 0 fully saturated rings. The highest BCUT2D eigenvalue weighted by molar-refractivity contribution is 5.72. The van der Waals surface area contributed by atoms with Gasteiger partial charge in [-0.05, 0) is 42.3 Å². The maximum atomic E-state index is 11.5. The fourth-order valence-corrected chi connectivity index (χ4v) is 2.58. The van der Waals surface area contributed by atoms with Crippen molar-refractivity contribution >= 4 is 5.97 Å². The van der Waals surface area contributed by atoms with Gasteiger partial charge in [0.05, 0.1) is 18.7 Å². The molecule has 25 heavy (non-hydrogen) atoms. The van der Waals surface area contributed by atoms with E-state index in [0.717, 1.165) is 22.6 Å². The molecule has 0 radical (unpaired) electrons. The highest BCUT2D eigenvalue weighted by Gasteiger charge is 2.06. The third-order valence-corrected chi connectivity index (χ3v) is 3.82. The molecular formula is C21H21NO3. The molecule has 2 aromatic carbocycles. The predicted octanol–water partition coefficient (Wildman–Crippen LogP) is 4.16. The van der Waals surface area contributed by atoms with Crippen molar-refractivity contribution in [2.45, 2.75) is 20.0 Å². The number of esters is 1. The summed E-state index contributed by atoms with van der Waals surface area (Å²) in [4.78, 5) is 11.5. The van der Waals surface area contributed by atoms with Crippen LogP contribution < -0.4 is 4.74 Å². The van der Waals surface area contributed by atoms with Crippen molar-refractivity contribution in [2.24, 2.45) is 0 Å². The minimum atomic E-state index is -0.202. The van der Waals surface area contributed by atoms with Gasteiger partial charge in [0.25, 0.3) is 0 Å². The van der Waals surface area contributed by atoms with Crippen molar-refractivity contribution in [3.8, 4) is 11.4 Å². The van der Waals surface area contributed by atoms with Gasteiger partial charge in [0.2, 0.25) is 0 Å². The summed E-state index contributed by atoms with van der Waals surface area (Å²) >= 11 is 0. The van der Waals surface area contributed by atoms with Gasteiger partial charge >= 0.3 is 5.97 Å². The number of rotatable bonds is 7. The number of carbonyl (C=O) groups excluding carboxylic acids is 1. The van der Waals surface area contributed by atoms with Crippen molar-refractivity contribution in [3.63, 3.8) is 0 Å². The van der Waals surface area contributed by atoms with Crippen LogP contribution in [0.2, 0.25) is 0 Å². The van der Waals surface area contributed by atoms with E-state index < -0.39 is 0 Å². The van der Waals surface area contributed by atoms with E-state index >= 15 is 0 Å². The first-order valence-corrected chi connectivity index (χ1v) is 8.35. The summed E-state index contributed by atoms with van der Waals surface area (Å²) in [6, 6.07) is 19.7. The van der Waals surface area contributed by atoms with E-state index in [0.29, 0.717) is 19.6 Å². The van der Waals surface area contributed by atoms with Crippen LogP contribution >= 0.6 is 0 Å². The van der Waals surface area contributed by atoms with Crippen LogP contribution in [0.3, 0.4) is 0 Å². The lowest BCUT2D eigenvalue weighted by Crippen LogP contribution is -2.07. The molecule has 0 N–H and O–H groups in total. The molecule has 0 bridgehead atoms. The minimum absolute atomic E-state index is 0.202. The lowest BCUT2D eigenvalue weighted by Gasteiger charge is -2.12. The Morgan fingerprint density at radius 2 is 1.60 bits per heavy atom. The van der Waals surface area contributed by atoms with E-state index in [1.807, 2.05) is 84.5 Å². The molecule has 0 aliphatic heterocycles. The summed E-state index contributed by atoms with van der Waals surface area (Å²) in [5, 5.41) is 0. The first-order valence-electron chi connectivity index (χ1n) is 8.35. The van der Waals surface area contributed by atoms with Gasteiger partial charge in [-0.1, -0.05) is 36.4 Å². The molecule has 128 valence electrons.